The van der Waals surface area contributed by atoms with Gasteiger partial charge in [-0.05, 0) is 37.3 Å². The molecule has 122 valence electrons. The molecule has 1 aliphatic rings. The van der Waals surface area contributed by atoms with Gasteiger partial charge in [0.1, 0.15) is 17.3 Å². The van der Waals surface area contributed by atoms with Crippen molar-refractivity contribution in [2.45, 2.75) is 6.92 Å². The first-order valence-corrected chi connectivity index (χ1v) is 7.55. The summed E-state index contributed by atoms with van der Waals surface area (Å²) in [4.78, 5) is 12.2. The van der Waals surface area contributed by atoms with Crippen molar-refractivity contribution in [3.8, 4) is 11.5 Å². The van der Waals surface area contributed by atoms with Gasteiger partial charge in [0.15, 0.2) is 0 Å². The first-order chi connectivity index (χ1) is 11.6. The summed E-state index contributed by atoms with van der Waals surface area (Å²) in [5.74, 6) is 1.52. The van der Waals surface area contributed by atoms with Gasteiger partial charge in [0.2, 0.25) is 0 Å². The van der Waals surface area contributed by atoms with Crippen LogP contribution < -0.4 is 9.47 Å². The normalized spacial score (nSPS) is 15.2. The van der Waals surface area contributed by atoms with E-state index in [1.54, 1.807) is 38.5 Å². The molecule has 0 fully saturated rings. The number of carbonyl (C=O) groups is 1. The van der Waals surface area contributed by atoms with Crippen molar-refractivity contribution < 1.29 is 19.0 Å². The van der Waals surface area contributed by atoms with Crippen molar-refractivity contribution in [1.29, 1.82) is 0 Å². The SMILES string of the molecule is COc1ccc(OC)c(/C=C2\C=C(c3ccc(C)cc3)OC2=O)c1. The van der Waals surface area contributed by atoms with E-state index in [0.717, 1.165) is 16.7 Å². The van der Waals surface area contributed by atoms with Gasteiger partial charge in [-0.25, -0.2) is 4.79 Å². The Labute approximate surface area is 141 Å². The molecule has 0 aliphatic carbocycles. The number of benzene rings is 2. The van der Waals surface area contributed by atoms with Crippen LogP contribution in [0.5, 0.6) is 11.5 Å². The molecule has 1 aliphatic heterocycles. The number of aryl methyl sites for hydroxylation is 1. The fourth-order valence-electron chi connectivity index (χ4n) is 2.47. The molecule has 0 aromatic heterocycles. The van der Waals surface area contributed by atoms with Crippen molar-refractivity contribution in [1.82, 2.24) is 0 Å². The third-order valence-electron chi connectivity index (χ3n) is 3.81. The molecule has 0 atom stereocenters. The molecular formula is C20H18O4. The minimum Gasteiger partial charge on any atom is -0.497 e. The molecule has 1 heterocycles. The number of ether oxygens (including phenoxy) is 3. The molecule has 0 spiro atoms. The number of methoxy groups -OCH3 is 2. The van der Waals surface area contributed by atoms with Crippen LogP contribution >= 0.6 is 0 Å². The van der Waals surface area contributed by atoms with Crippen LogP contribution in [-0.4, -0.2) is 20.2 Å². The fraction of sp³-hybridized carbons (Fsp3) is 0.150. The third-order valence-corrected chi connectivity index (χ3v) is 3.81. The summed E-state index contributed by atoms with van der Waals surface area (Å²) in [6.45, 7) is 2.01. The van der Waals surface area contributed by atoms with E-state index in [9.17, 15) is 4.79 Å². The predicted molar refractivity (Wildman–Crippen MR) is 92.8 cm³/mol. The summed E-state index contributed by atoms with van der Waals surface area (Å²) in [6.07, 6.45) is 3.48. The molecule has 0 unspecified atom stereocenters. The van der Waals surface area contributed by atoms with E-state index in [1.165, 1.54) is 0 Å². The second-order valence-corrected chi connectivity index (χ2v) is 5.47. The highest BCUT2D eigenvalue weighted by atomic mass is 16.5. The molecule has 4 heteroatoms. The minimum atomic E-state index is -0.379. The summed E-state index contributed by atoms with van der Waals surface area (Å²) in [5.41, 5.74) is 3.25. The summed E-state index contributed by atoms with van der Waals surface area (Å²) in [7, 11) is 3.18. The Morgan fingerprint density at radius 1 is 1.00 bits per heavy atom. The highest BCUT2D eigenvalue weighted by molar-refractivity contribution is 6.05. The topological polar surface area (TPSA) is 44.8 Å². The first-order valence-electron chi connectivity index (χ1n) is 7.55. The van der Waals surface area contributed by atoms with E-state index >= 15 is 0 Å². The van der Waals surface area contributed by atoms with E-state index < -0.39 is 0 Å². The number of carbonyl (C=O) groups excluding carboxylic acids is 1. The Bertz CT molecular complexity index is 829. The highest BCUT2D eigenvalue weighted by Crippen LogP contribution is 2.31. The Hall–Kier alpha value is -3.01. The molecule has 0 amide bonds. The van der Waals surface area contributed by atoms with Gasteiger partial charge in [-0.3, -0.25) is 0 Å². The van der Waals surface area contributed by atoms with Crippen LogP contribution in [0, 0.1) is 6.92 Å². The van der Waals surface area contributed by atoms with Gasteiger partial charge in [0.25, 0.3) is 0 Å². The van der Waals surface area contributed by atoms with Gasteiger partial charge in [-0.15, -0.1) is 0 Å². The van der Waals surface area contributed by atoms with Crippen molar-refractivity contribution >= 4 is 17.8 Å². The molecule has 2 aromatic carbocycles. The van der Waals surface area contributed by atoms with Crippen LogP contribution in [0.3, 0.4) is 0 Å². The molecule has 0 bridgehead atoms. The van der Waals surface area contributed by atoms with Crippen molar-refractivity contribution in [2.75, 3.05) is 14.2 Å². The van der Waals surface area contributed by atoms with Crippen LogP contribution in [0.1, 0.15) is 16.7 Å². The van der Waals surface area contributed by atoms with Crippen LogP contribution in [0.4, 0.5) is 0 Å². The van der Waals surface area contributed by atoms with Crippen LogP contribution in [0.2, 0.25) is 0 Å². The molecule has 0 saturated carbocycles. The monoisotopic (exact) mass is 322 g/mol. The zero-order valence-electron chi connectivity index (χ0n) is 13.8. The Morgan fingerprint density at radius 2 is 1.75 bits per heavy atom. The van der Waals surface area contributed by atoms with E-state index in [-0.39, 0.29) is 5.97 Å². The standard InChI is InChI=1S/C20H18O4/c1-13-4-6-14(7-5-13)19-12-16(20(21)24-19)10-15-11-17(22-2)8-9-18(15)23-3/h4-12H,1-3H3/b16-10+. The second kappa shape index (κ2) is 6.62. The Balaban J connectivity index is 1.98. The lowest BCUT2D eigenvalue weighted by Gasteiger charge is -2.07. The minimum absolute atomic E-state index is 0.379. The highest BCUT2D eigenvalue weighted by Gasteiger charge is 2.22. The van der Waals surface area contributed by atoms with E-state index in [1.807, 2.05) is 37.3 Å². The average Bonchev–Trinajstić information content (AvgIpc) is 2.96. The zero-order chi connectivity index (χ0) is 17.1. The summed E-state index contributed by atoms with van der Waals surface area (Å²) < 4.78 is 16.0. The van der Waals surface area contributed by atoms with Gasteiger partial charge in [0.05, 0.1) is 19.8 Å². The molecule has 2 aromatic rings. The number of hydrogen-bond donors (Lipinski definition) is 0. The summed E-state index contributed by atoms with van der Waals surface area (Å²) in [5, 5.41) is 0. The number of rotatable bonds is 4. The maximum absolute atomic E-state index is 12.2. The van der Waals surface area contributed by atoms with Crippen molar-refractivity contribution in [3.05, 3.63) is 70.8 Å². The molecule has 4 nitrogen and oxygen atoms in total. The van der Waals surface area contributed by atoms with Gasteiger partial charge >= 0.3 is 5.97 Å². The molecule has 0 radical (unpaired) electrons. The zero-order valence-corrected chi connectivity index (χ0v) is 13.8. The van der Waals surface area contributed by atoms with Gasteiger partial charge < -0.3 is 14.2 Å². The van der Waals surface area contributed by atoms with E-state index in [2.05, 4.69) is 0 Å². The quantitative estimate of drug-likeness (QED) is 0.630. The van der Waals surface area contributed by atoms with Crippen LogP contribution in [-0.2, 0) is 9.53 Å². The lowest BCUT2D eigenvalue weighted by atomic mass is 10.1. The molecule has 0 saturated heterocycles. The predicted octanol–water partition coefficient (Wildman–Crippen LogP) is 3.99. The fourth-order valence-corrected chi connectivity index (χ4v) is 2.47. The largest absolute Gasteiger partial charge is 0.497 e. The number of hydrogen-bond acceptors (Lipinski definition) is 4. The average molecular weight is 322 g/mol. The van der Waals surface area contributed by atoms with Crippen molar-refractivity contribution in [2.24, 2.45) is 0 Å². The summed E-state index contributed by atoms with van der Waals surface area (Å²) >= 11 is 0. The molecule has 24 heavy (non-hydrogen) atoms. The van der Waals surface area contributed by atoms with Crippen LogP contribution in [0.15, 0.2) is 54.1 Å². The molecule has 0 N–H and O–H groups in total. The lowest BCUT2D eigenvalue weighted by Crippen LogP contribution is -1.98. The van der Waals surface area contributed by atoms with Gasteiger partial charge in [0, 0.05) is 11.1 Å². The summed E-state index contributed by atoms with van der Waals surface area (Å²) in [6, 6.07) is 13.3. The maximum Gasteiger partial charge on any atom is 0.343 e. The van der Waals surface area contributed by atoms with Crippen LogP contribution in [0.25, 0.3) is 11.8 Å². The van der Waals surface area contributed by atoms with E-state index in [0.29, 0.717) is 22.8 Å². The van der Waals surface area contributed by atoms with Gasteiger partial charge in [-0.2, -0.15) is 0 Å². The smallest absolute Gasteiger partial charge is 0.343 e. The third kappa shape index (κ3) is 3.18. The first kappa shape index (κ1) is 15.9. The number of cyclic esters (lactones) is 1. The van der Waals surface area contributed by atoms with E-state index in [4.69, 9.17) is 14.2 Å². The van der Waals surface area contributed by atoms with Gasteiger partial charge in [-0.1, -0.05) is 29.8 Å². The molecule has 3 rings (SSSR count). The second-order valence-electron chi connectivity index (χ2n) is 5.47. The lowest BCUT2D eigenvalue weighted by molar-refractivity contribution is -0.130. The molecular weight excluding hydrogens is 304 g/mol. The Morgan fingerprint density at radius 3 is 2.42 bits per heavy atom. The maximum atomic E-state index is 12.2. The number of esters is 1. The van der Waals surface area contributed by atoms with Crippen molar-refractivity contribution in [3.63, 3.8) is 0 Å². The Kier molecular flexibility index (Phi) is 4.38.